The number of fused-ring (bicyclic) bond motifs is 2. The Kier molecular flexibility index (Phi) is 5.41. The highest BCUT2D eigenvalue weighted by Gasteiger charge is 2.59. The van der Waals surface area contributed by atoms with Gasteiger partial charge in [0.15, 0.2) is 4.87 Å². The van der Waals surface area contributed by atoms with E-state index < -0.39 is 4.87 Å². The first-order valence-electron chi connectivity index (χ1n) is 11.0. The summed E-state index contributed by atoms with van der Waals surface area (Å²) < 4.78 is 5.50. The topological polar surface area (TPSA) is 49.9 Å². The SMILES string of the molecule is COc1ccc2c(c1)[C@]1(SCCN1C(=O)c1ccccc1C)C(=O)N2Cc1ccc(C)cc1. The van der Waals surface area contributed by atoms with Crippen molar-refractivity contribution in [2.24, 2.45) is 0 Å². The lowest BCUT2D eigenvalue weighted by Crippen LogP contribution is -2.50. The Balaban J connectivity index is 1.62. The molecule has 5 rings (SSSR count). The number of amides is 2. The molecule has 1 fully saturated rings. The molecule has 3 aromatic carbocycles. The van der Waals surface area contributed by atoms with Gasteiger partial charge in [0.2, 0.25) is 0 Å². The fourth-order valence-electron chi connectivity index (χ4n) is 4.71. The van der Waals surface area contributed by atoms with E-state index >= 15 is 0 Å². The molecule has 168 valence electrons. The van der Waals surface area contributed by atoms with Crippen molar-refractivity contribution < 1.29 is 14.3 Å². The van der Waals surface area contributed by atoms with Crippen molar-refractivity contribution in [2.45, 2.75) is 25.3 Å². The quantitative estimate of drug-likeness (QED) is 0.558. The molecule has 1 spiro atoms. The molecule has 0 bridgehead atoms. The number of rotatable bonds is 4. The number of hydrogen-bond acceptors (Lipinski definition) is 4. The Morgan fingerprint density at radius 1 is 1.06 bits per heavy atom. The molecular formula is C27H26N2O3S. The molecule has 0 N–H and O–H groups in total. The monoisotopic (exact) mass is 458 g/mol. The minimum Gasteiger partial charge on any atom is -0.497 e. The second-order valence-electron chi connectivity index (χ2n) is 8.52. The summed E-state index contributed by atoms with van der Waals surface area (Å²) in [6.07, 6.45) is 0. The Morgan fingerprint density at radius 3 is 2.55 bits per heavy atom. The highest BCUT2D eigenvalue weighted by molar-refractivity contribution is 8.01. The average Bonchev–Trinajstić information content (AvgIpc) is 3.37. The fraction of sp³-hybridized carbons (Fsp3) is 0.259. The van der Waals surface area contributed by atoms with Crippen molar-refractivity contribution >= 4 is 29.3 Å². The molecule has 5 nitrogen and oxygen atoms in total. The fourth-order valence-corrected chi connectivity index (χ4v) is 6.16. The molecule has 33 heavy (non-hydrogen) atoms. The van der Waals surface area contributed by atoms with Gasteiger partial charge >= 0.3 is 0 Å². The molecule has 2 heterocycles. The first-order chi connectivity index (χ1) is 16.0. The van der Waals surface area contributed by atoms with Gasteiger partial charge in [-0.15, -0.1) is 11.8 Å². The normalized spacial score (nSPS) is 19.3. The Bertz CT molecular complexity index is 1240. The number of ether oxygens (including phenoxy) is 1. The molecule has 0 unspecified atom stereocenters. The molecule has 2 aliphatic heterocycles. The second-order valence-corrected chi connectivity index (χ2v) is 9.81. The van der Waals surface area contributed by atoms with Crippen LogP contribution in [0.25, 0.3) is 0 Å². The lowest BCUT2D eigenvalue weighted by molar-refractivity contribution is -0.123. The molecule has 0 aliphatic carbocycles. The van der Waals surface area contributed by atoms with E-state index in [0.717, 1.165) is 22.4 Å². The summed E-state index contributed by atoms with van der Waals surface area (Å²) in [7, 11) is 1.62. The van der Waals surface area contributed by atoms with Crippen LogP contribution in [0, 0.1) is 13.8 Å². The van der Waals surface area contributed by atoms with E-state index in [2.05, 4.69) is 24.3 Å². The molecule has 1 saturated heterocycles. The van der Waals surface area contributed by atoms with Crippen LogP contribution in [0.15, 0.2) is 66.7 Å². The standard InChI is InChI=1S/C27H26N2O3S/c1-18-8-10-20(11-9-18)17-28-24-13-12-21(32-3)16-23(24)27(26(28)31)29(14-15-33-27)25(30)22-7-5-4-6-19(22)2/h4-13,16H,14-15,17H2,1-3H3/t27-/m0/s1. The molecule has 3 aromatic rings. The van der Waals surface area contributed by atoms with E-state index in [-0.39, 0.29) is 11.8 Å². The first-order valence-corrected chi connectivity index (χ1v) is 12.0. The number of carbonyl (C=O) groups is 2. The third-order valence-corrected chi connectivity index (χ3v) is 7.90. The molecule has 2 amide bonds. The van der Waals surface area contributed by atoms with E-state index in [1.54, 1.807) is 12.0 Å². The second kappa shape index (κ2) is 8.27. The lowest BCUT2D eigenvalue weighted by Gasteiger charge is -2.33. The predicted octanol–water partition coefficient (Wildman–Crippen LogP) is 4.90. The number of benzene rings is 3. The van der Waals surface area contributed by atoms with Gasteiger partial charge in [-0.25, -0.2) is 0 Å². The van der Waals surface area contributed by atoms with Gasteiger partial charge in [-0.3, -0.25) is 9.59 Å². The smallest absolute Gasteiger partial charge is 0.268 e. The number of anilines is 1. The molecule has 1 atom stereocenters. The molecular weight excluding hydrogens is 432 g/mol. The minimum absolute atomic E-state index is 0.0734. The van der Waals surface area contributed by atoms with Gasteiger partial charge in [-0.05, 0) is 49.2 Å². The van der Waals surface area contributed by atoms with Gasteiger partial charge in [0.05, 0.1) is 19.3 Å². The summed E-state index contributed by atoms with van der Waals surface area (Å²) in [5, 5.41) is 0. The maximum Gasteiger partial charge on any atom is 0.268 e. The van der Waals surface area contributed by atoms with Gasteiger partial charge in [0, 0.05) is 23.4 Å². The van der Waals surface area contributed by atoms with E-state index in [4.69, 9.17) is 4.74 Å². The Labute approximate surface area is 198 Å². The van der Waals surface area contributed by atoms with E-state index in [0.29, 0.717) is 30.2 Å². The van der Waals surface area contributed by atoms with Crippen molar-refractivity contribution in [1.82, 2.24) is 4.90 Å². The van der Waals surface area contributed by atoms with Crippen LogP contribution < -0.4 is 9.64 Å². The lowest BCUT2D eigenvalue weighted by atomic mass is 10.0. The third kappa shape index (κ3) is 3.40. The van der Waals surface area contributed by atoms with Crippen LogP contribution in [0.2, 0.25) is 0 Å². The number of methoxy groups -OCH3 is 1. The zero-order chi connectivity index (χ0) is 23.2. The van der Waals surface area contributed by atoms with Crippen LogP contribution in [0.1, 0.15) is 32.6 Å². The summed E-state index contributed by atoms with van der Waals surface area (Å²) >= 11 is 1.53. The van der Waals surface area contributed by atoms with Crippen LogP contribution in [0.5, 0.6) is 5.75 Å². The Morgan fingerprint density at radius 2 is 1.82 bits per heavy atom. The maximum absolute atomic E-state index is 14.2. The van der Waals surface area contributed by atoms with E-state index in [9.17, 15) is 9.59 Å². The maximum atomic E-state index is 14.2. The number of carbonyl (C=O) groups excluding carboxylic acids is 2. The van der Waals surface area contributed by atoms with Crippen LogP contribution in [-0.4, -0.2) is 36.1 Å². The molecule has 0 aromatic heterocycles. The zero-order valence-electron chi connectivity index (χ0n) is 19.0. The molecule has 2 aliphatic rings. The van der Waals surface area contributed by atoms with Gasteiger partial charge in [0.25, 0.3) is 11.8 Å². The van der Waals surface area contributed by atoms with Crippen LogP contribution in [-0.2, 0) is 16.2 Å². The van der Waals surface area contributed by atoms with Crippen LogP contribution in [0.3, 0.4) is 0 Å². The van der Waals surface area contributed by atoms with Crippen molar-refractivity contribution in [2.75, 3.05) is 24.3 Å². The first kappa shape index (κ1) is 21.6. The van der Waals surface area contributed by atoms with E-state index in [1.165, 1.54) is 17.3 Å². The van der Waals surface area contributed by atoms with E-state index in [1.807, 2.05) is 61.2 Å². The highest BCUT2D eigenvalue weighted by Crippen LogP contribution is 2.55. The van der Waals surface area contributed by atoms with Crippen LogP contribution >= 0.6 is 11.8 Å². The van der Waals surface area contributed by atoms with Crippen LogP contribution in [0.4, 0.5) is 5.69 Å². The van der Waals surface area contributed by atoms with Gasteiger partial charge in [-0.1, -0.05) is 48.0 Å². The number of thioether (sulfide) groups is 1. The summed E-state index contributed by atoms with van der Waals surface area (Å²) in [5.74, 6) is 1.18. The van der Waals surface area contributed by atoms with Crippen molar-refractivity contribution in [3.05, 3.63) is 94.5 Å². The van der Waals surface area contributed by atoms with Crippen molar-refractivity contribution in [3.63, 3.8) is 0 Å². The number of hydrogen-bond donors (Lipinski definition) is 0. The Hall–Kier alpha value is -3.25. The number of aryl methyl sites for hydroxylation is 2. The molecule has 6 heteroatoms. The highest BCUT2D eigenvalue weighted by atomic mass is 32.2. The van der Waals surface area contributed by atoms with Crippen molar-refractivity contribution in [1.29, 1.82) is 0 Å². The third-order valence-electron chi connectivity index (χ3n) is 6.48. The summed E-state index contributed by atoms with van der Waals surface area (Å²) in [5.41, 5.74) is 5.42. The average molecular weight is 459 g/mol. The zero-order valence-corrected chi connectivity index (χ0v) is 19.8. The molecule has 0 saturated carbocycles. The van der Waals surface area contributed by atoms with Gasteiger partial charge in [0.1, 0.15) is 5.75 Å². The van der Waals surface area contributed by atoms with Gasteiger partial charge < -0.3 is 14.5 Å². The minimum atomic E-state index is -1.09. The van der Waals surface area contributed by atoms with Gasteiger partial charge in [-0.2, -0.15) is 0 Å². The largest absolute Gasteiger partial charge is 0.497 e. The predicted molar refractivity (Wildman–Crippen MR) is 132 cm³/mol. The summed E-state index contributed by atoms with van der Waals surface area (Å²) in [4.78, 5) is 30.4. The summed E-state index contributed by atoms with van der Waals surface area (Å²) in [6.45, 7) is 4.94. The summed E-state index contributed by atoms with van der Waals surface area (Å²) in [6, 6.07) is 21.5. The van der Waals surface area contributed by atoms with Crippen molar-refractivity contribution in [3.8, 4) is 5.75 Å². The number of nitrogens with zero attached hydrogens (tertiary/aromatic N) is 2. The molecule has 0 radical (unpaired) electrons.